The van der Waals surface area contributed by atoms with E-state index in [1.165, 1.54) is 0 Å². The Kier molecular flexibility index (Phi) is 6.27. The number of aromatic nitrogens is 4. The summed E-state index contributed by atoms with van der Waals surface area (Å²) in [4.78, 5) is 26.4. The summed E-state index contributed by atoms with van der Waals surface area (Å²) in [6, 6.07) is 9.56. The Balaban J connectivity index is 1.55. The van der Waals surface area contributed by atoms with Gasteiger partial charge in [0.15, 0.2) is 0 Å². The van der Waals surface area contributed by atoms with Crippen LogP contribution in [0.1, 0.15) is 29.4 Å². The van der Waals surface area contributed by atoms with Crippen LogP contribution >= 0.6 is 0 Å². The minimum Gasteiger partial charge on any atom is -0.497 e. The maximum absolute atomic E-state index is 13.1. The molecule has 0 unspecified atom stereocenters. The molecular formula is C23H28N6O2. The molecule has 0 saturated carbocycles. The Morgan fingerprint density at radius 2 is 1.97 bits per heavy atom. The molecule has 2 aromatic heterocycles. The fourth-order valence-electron chi connectivity index (χ4n) is 3.88. The number of carbonyl (C=O) groups is 1. The first-order valence-corrected chi connectivity index (χ1v) is 10.6. The summed E-state index contributed by atoms with van der Waals surface area (Å²) < 4.78 is 6.94. The summed E-state index contributed by atoms with van der Waals surface area (Å²) in [6.07, 6.45) is 4.46. The number of rotatable bonds is 6. The second kappa shape index (κ2) is 9.26. The van der Waals surface area contributed by atoms with Crippen LogP contribution in [-0.2, 0) is 0 Å². The second-order valence-corrected chi connectivity index (χ2v) is 7.66. The quantitative estimate of drug-likeness (QED) is 0.610. The van der Waals surface area contributed by atoms with Crippen LogP contribution in [0, 0.1) is 6.92 Å². The van der Waals surface area contributed by atoms with E-state index in [0.717, 1.165) is 61.8 Å². The molecule has 1 fully saturated rings. The third-order valence-corrected chi connectivity index (χ3v) is 5.64. The summed E-state index contributed by atoms with van der Waals surface area (Å²) in [5, 5.41) is 4.42. The monoisotopic (exact) mass is 420 g/mol. The molecule has 0 atom stereocenters. The lowest BCUT2D eigenvalue weighted by molar-refractivity contribution is 0.0636. The number of nitrogens with zero attached hydrogens (tertiary/aromatic N) is 6. The molecule has 0 aliphatic carbocycles. The van der Waals surface area contributed by atoms with Crippen molar-refractivity contribution in [1.29, 1.82) is 0 Å². The number of amides is 1. The SMILES string of the molecule is CCCN1CCN(C(=O)c2cnn(-c3nccc(-c4cccc(OC)c4)n3)c2C)CC1. The number of benzene rings is 1. The zero-order chi connectivity index (χ0) is 21.8. The molecule has 1 aliphatic rings. The first-order valence-electron chi connectivity index (χ1n) is 10.6. The molecular weight excluding hydrogens is 392 g/mol. The van der Waals surface area contributed by atoms with Crippen molar-refractivity contribution in [1.82, 2.24) is 29.5 Å². The third-order valence-electron chi connectivity index (χ3n) is 5.64. The fraction of sp³-hybridized carbons (Fsp3) is 0.391. The van der Waals surface area contributed by atoms with Crippen LogP contribution in [0.3, 0.4) is 0 Å². The van der Waals surface area contributed by atoms with Crippen molar-refractivity contribution in [3.8, 4) is 23.0 Å². The van der Waals surface area contributed by atoms with Crippen LogP contribution < -0.4 is 4.74 Å². The van der Waals surface area contributed by atoms with Gasteiger partial charge in [-0.3, -0.25) is 9.69 Å². The first-order chi connectivity index (χ1) is 15.1. The van der Waals surface area contributed by atoms with Crippen molar-refractivity contribution in [3.05, 3.63) is 54.0 Å². The normalized spacial score (nSPS) is 14.6. The van der Waals surface area contributed by atoms with Gasteiger partial charge in [0.05, 0.1) is 30.3 Å². The second-order valence-electron chi connectivity index (χ2n) is 7.66. The van der Waals surface area contributed by atoms with E-state index in [9.17, 15) is 4.79 Å². The molecule has 0 N–H and O–H groups in total. The van der Waals surface area contributed by atoms with Gasteiger partial charge in [-0.25, -0.2) is 14.6 Å². The Bertz CT molecular complexity index is 1060. The van der Waals surface area contributed by atoms with E-state index >= 15 is 0 Å². The van der Waals surface area contributed by atoms with Gasteiger partial charge in [0.25, 0.3) is 11.9 Å². The largest absolute Gasteiger partial charge is 0.497 e. The third kappa shape index (κ3) is 4.44. The van der Waals surface area contributed by atoms with Crippen molar-refractivity contribution in [2.24, 2.45) is 0 Å². The summed E-state index contributed by atoms with van der Waals surface area (Å²) in [5.41, 5.74) is 3.02. The maximum atomic E-state index is 13.1. The number of hydrogen-bond donors (Lipinski definition) is 0. The molecule has 0 bridgehead atoms. The number of ether oxygens (including phenoxy) is 1. The van der Waals surface area contributed by atoms with E-state index in [4.69, 9.17) is 4.74 Å². The van der Waals surface area contributed by atoms with Crippen LogP contribution in [0.2, 0.25) is 0 Å². The van der Waals surface area contributed by atoms with Gasteiger partial charge in [-0.05, 0) is 38.1 Å². The molecule has 31 heavy (non-hydrogen) atoms. The van der Waals surface area contributed by atoms with E-state index in [2.05, 4.69) is 26.9 Å². The van der Waals surface area contributed by atoms with Crippen molar-refractivity contribution in [2.75, 3.05) is 39.8 Å². The zero-order valence-corrected chi connectivity index (χ0v) is 18.3. The van der Waals surface area contributed by atoms with Gasteiger partial charge in [0.1, 0.15) is 5.75 Å². The predicted octanol–water partition coefficient (Wildman–Crippen LogP) is 2.81. The summed E-state index contributed by atoms with van der Waals surface area (Å²) >= 11 is 0. The van der Waals surface area contributed by atoms with E-state index < -0.39 is 0 Å². The molecule has 0 radical (unpaired) electrons. The van der Waals surface area contributed by atoms with E-state index in [1.807, 2.05) is 42.2 Å². The van der Waals surface area contributed by atoms with Gasteiger partial charge < -0.3 is 9.64 Å². The molecule has 4 rings (SSSR count). The van der Waals surface area contributed by atoms with Crippen molar-refractivity contribution >= 4 is 5.91 Å². The summed E-state index contributed by atoms with van der Waals surface area (Å²) in [6.45, 7) is 8.46. The smallest absolute Gasteiger partial charge is 0.257 e. The van der Waals surface area contributed by atoms with Crippen molar-refractivity contribution < 1.29 is 9.53 Å². The van der Waals surface area contributed by atoms with Crippen molar-refractivity contribution in [2.45, 2.75) is 20.3 Å². The van der Waals surface area contributed by atoms with Gasteiger partial charge in [-0.15, -0.1) is 0 Å². The number of hydrogen-bond acceptors (Lipinski definition) is 6. The highest BCUT2D eigenvalue weighted by atomic mass is 16.5. The highest BCUT2D eigenvalue weighted by Crippen LogP contribution is 2.23. The zero-order valence-electron chi connectivity index (χ0n) is 18.3. The number of methoxy groups -OCH3 is 1. The number of piperazine rings is 1. The van der Waals surface area contributed by atoms with E-state index in [1.54, 1.807) is 24.2 Å². The molecule has 1 saturated heterocycles. The van der Waals surface area contributed by atoms with Crippen molar-refractivity contribution in [3.63, 3.8) is 0 Å². The molecule has 8 heteroatoms. The Morgan fingerprint density at radius 1 is 1.16 bits per heavy atom. The molecule has 1 aromatic carbocycles. The van der Waals surface area contributed by atoms with Crippen LogP contribution in [0.25, 0.3) is 17.2 Å². The van der Waals surface area contributed by atoms with Gasteiger partial charge >= 0.3 is 0 Å². The van der Waals surface area contributed by atoms with Crippen LogP contribution in [0.15, 0.2) is 42.7 Å². The van der Waals surface area contributed by atoms with E-state index in [-0.39, 0.29) is 5.91 Å². The summed E-state index contributed by atoms with van der Waals surface area (Å²) in [5.74, 6) is 1.22. The minimum absolute atomic E-state index is 0.0175. The Labute approximate surface area is 182 Å². The molecule has 8 nitrogen and oxygen atoms in total. The topological polar surface area (TPSA) is 76.4 Å². The average molecular weight is 421 g/mol. The molecule has 3 heterocycles. The minimum atomic E-state index is 0.0175. The highest BCUT2D eigenvalue weighted by Gasteiger charge is 2.25. The van der Waals surface area contributed by atoms with Gasteiger partial charge in [0.2, 0.25) is 0 Å². The average Bonchev–Trinajstić information content (AvgIpc) is 3.20. The molecule has 162 valence electrons. The van der Waals surface area contributed by atoms with E-state index in [0.29, 0.717) is 11.5 Å². The first kappa shape index (κ1) is 21.0. The lowest BCUT2D eigenvalue weighted by Gasteiger charge is -2.34. The maximum Gasteiger partial charge on any atom is 0.257 e. The van der Waals surface area contributed by atoms with Crippen LogP contribution in [0.5, 0.6) is 5.75 Å². The van der Waals surface area contributed by atoms with Gasteiger partial charge in [-0.1, -0.05) is 19.1 Å². The van der Waals surface area contributed by atoms with Crippen LogP contribution in [0.4, 0.5) is 0 Å². The van der Waals surface area contributed by atoms with Gasteiger partial charge in [-0.2, -0.15) is 5.10 Å². The van der Waals surface area contributed by atoms with Crippen LogP contribution in [-0.4, -0.2) is 75.3 Å². The molecule has 3 aromatic rings. The fourth-order valence-corrected chi connectivity index (χ4v) is 3.88. The lowest BCUT2D eigenvalue weighted by atomic mass is 10.1. The van der Waals surface area contributed by atoms with Gasteiger partial charge in [0, 0.05) is 37.9 Å². The lowest BCUT2D eigenvalue weighted by Crippen LogP contribution is -2.48. The summed E-state index contributed by atoms with van der Waals surface area (Å²) in [7, 11) is 1.64. The molecule has 1 aliphatic heterocycles. The standard InChI is InChI=1S/C23H28N6O2/c1-4-10-27-11-13-28(14-12-27)22(30)20-16-25-29(17(20)2)23-24-9-8-21(26-23)18-6-5-7-19(15-18)31-3/h5-9,15-16H,4,10-14H2,1-3H3. The highest BCUT2D eigenvalue weighted by molar-refractivity contribution is 5.95. The predicted molar refractivity (Wildman–Crippen MR) is 119 cm³/mol. The Hall–Kier alpha value is -3.26. The Morgan fingerprint density at radius 3 is 2.71 bits per heavy atom. The molecule has 0 spiro atoms. The molecule has 1 amide bonds. The number of carbonyl (C=O) groups excluding carboxylic acids is 1.